The molecule has 0 fully saturated rings. The van der Waals surface area contributed by atoms with Crippen LogP contribution in [-0.2, 0) is 0 Å². The van der Waals surface area contributed by atoms with E-state index in [1.165, 1.54) is 10.9 Å². The first-order chi connectivity index (χ1) is 18.2. The number of rotatable bonds is 9. The van der Waals surface area contributed by atoms with Crippen LogP contribution in [0.5, 0.6) is 17.2 Å². The third-order valence-corrected chi connectivity index (χ3v) is 6.18. The van der Waals surface area contributed by atoms with Crippen LogP contribution in [0.1, 0.15) is 24.2 Å². The second kappa shape index (κ2) is 12.0. The van der Waals surface area contributed by atoms with Gasteiger partial charge in [-0.3, -0.25) is 9.59 Å². The summed E-state index contributed by atoms with van der Waals surface area (Å²) in [6.45, 7) is 4.59. The molecule has 1 heterocycles. The number of amides is 1. The molecule has 0 saturated heterocycles. The van der Waals surface area contributed by atoms with Gasteiger partial charge in [-0.15, -0.1) is 0 Å². The van der Waals surface area contributed by atoms with Crippen LogP contribution in [0.15, 0.2) is 77.7 Å². The molecule has 0 atom stereocenters. The highest BCUT2D eigenvalue weighted by Gasteiger charge is 2.17. The number of ether oxygens (including phenoxy) is 2. The van der Waals surface area contributed by atoms with Gasteiger partial charge in [0.2, 0.25) is 0 Å². The van der Waals surface area contributed by atoms with Gasteiger partial charge >= 0.3 is 0 Å². The number of nitrogens with one attached hydrogen (secondary N) is 2. The fourth-order valence-corrected chi connectivity index (χ4v) is 3.78. The van der Waals surface area contributed by atoms with Crippen LogP contribution in [-0.4, -0.2) is 29.3 Å². The molecule has 0 aliphatic rings. The van der Waals surface area contributed by atoms with Crippen molar-refractivity contribution in [2.45, 2.75) is 13.8 Å². The number of carbonyl (C=O) groups is 1. The van der Waals surface area contributed by atoms with E-state index in [4.69, 9.17) is 32.7 Å². The SMILES string of the molecule is COc1ccc(Oc2cnn(-c3ccc(Cl)c(Cl)c3)c(=O)c2Nc2cccc(C(=O)NCC(C)C)c2)cc1. The number of halogens is 2. The Balaban J connectivity index is 1.74. The van der Waals surface area contributed by atoms with Gasteiger partial charge in [0.25, 0.3) is 11.5 Å². The summed E-state index contributed by atoms with van der Waals surface area (Å²) < 4.78 is 12.4. The Hall–Kier alpha value is -4.01. The Bertz CT molecular complexity index is 1500. The van der Waals surface area contributed by atoms with E-state index in [9.17, 15) is 9.59 Å². The summed E-state index contributed by atoms with van der Waals surface area (Å²) in [4.78, 5) is 26.3. The molecule has 0 unspecified atom stereocenters. The van der Waals surface area contributed by atoms with Gasteiger partial charge in [-0.1, -0.05) is 43.1 Å². The number of benzene rings is 3. The number of methoxy groups -OCH3 is 1. The molecule has 10 heteroatoms. The van der Waals surface area contributed by atoms with E-state index >= 15 is 0 Å². The van der Waals surface area contributed by atoms with Gasteiger partial charge in [0.05, 0.1) is 29.0 Å². The number of anilines is 2. The van der Waals surface area contributed by atoms with Crippen molar-refractivity contribution in [2.24, 2.45) is 5.92 Å². The van der Waals surface area contributed by atoms with E-state index in [-0.39, 0.29) is 22.4 Å². The molecular weight excluding hydrogens is 527 g/mol. The van der Waals surface area contributed by atoms with Gasteiger partial charge in [-0.05, 0) is 66.6 Å². The Morgan fingerprint density at radius 2 is 1.74 bits per heavy atom. The second-order valence-corrected chi connectivity index (χ2v) is 9.60. The first-order valence-electron chi connectivity index (χ1n) is 11.8. The maximum absolute atomic E-state index is 13.7. The largest absolute Gasteiger partial charge is 0.497 e. The molecule has 0 aliphatic carbocycles. The smallest absolute Gasteiger partial charge is 0.299 e. The molecule has 0 aliphatic heterocycles. The molecule has 38 heavy (non-hydrogen) atoms. The topological polar surface area (TPSA) is 94.5 Å². The van der Waals surface area contributed by atoms with Crippen molar-refractivity contribution >= 4 is 40.5 Å². The highest BCUT2D eigenvalue weighted by atomic mass is 35.5. The fraction of sp³-hybridized carbons (Fsp3) is 0.179. The molecule has 196 valence electrons. The lowest BCUT2D eigenvalue weighted by molar-refractivity contribution is 0.0949. The number of aromatic nitrogens is 2. The molecule has 1 aromatic heterocycles. The zero-order valence-electron chi connectivity index (χ0n) is 21.0. The van der Waals surface area contributed by atoms with Crippen LogP contribution < -0.4 is 25.7 Å². The van der Waals surface area contributed by atoms with Crippen molar-refractivity contribution in [3.63, 3.8) is 0 Å². The molecule has 1 amide bonds. The number of hydrogen-bond acceptors (Lipinski definition) is 6. The first kappa shape index (κ1) is 27.0. The van der Waals surface area contributed by atoms with Crippen molar-refractivity contribution in [3.05, 3.63) is 98.9 Å². The third kappa shape index (κ3) is 6.45. The minimum absolute atomic E-state index is 0.113. The van der Waals surface area contributed by atoms with Crippen LogP contribution in [0.2, 0.25) is 10.0 Å². The van der Waals surface area contributed by atoms with Crippen molar-refractivity contribution in [1.82, 2.24) is 15.1 Å². The maximum atomic E-state index is 13.7. The Labute approximate surface area is 230 Å². The van der Waals surface area contributed by atoms with Gasteiger partial charge in [0.15, 0.2) is 11.4 Å². The van der Waals surface area contributed by atoms with Gasteiger partial charge in [-0.25, -0.2) is 0 Å². The van der Waals surface area contributed by atoms with Crippen LogP contribution >= 0.6 is 23.2 Å². The lowest BCUT2D eigenvalue weighted by atomic mass is 10.1. The normalized spacial score (nSPS) is 10.8. The lowest BCUT2D eigenvalue weighted by Crippen LogP contribution is -2.27. The van der Waals surface area contributed by atoms with Crippen molar-refractivity contribution in [2.75, 3.05) is 19.0 Å². The zero-order chi connectivity index (χ0) is 27.2. The zero-order valence-corrected chi connectivity index (χ0v) is 22.5. The number of nitrogens with zero attached hydrogens (tertiary/aromatic N) is 2. The Morgan fingerprint density at radius 1 is 1.00 bits per heavy atom. The van der Waals surface area contributed by atoms with E-state index in [1.807, 2.05) is 13.8 Å². The molecule has 3 aromatic carbocycles. The standard InChI is InChI=1S/C28H26Cl2N4O4/c1-17(2)15-31-27(35)18-5-4-6-19(13-18)33-26-25(38-22-10-8-21(37-3)9-11-22)16-32-34(28(26)36)20-7-12-23(29)24(30)14-20/h4-14,16-17,33H,15H2,1-3H3,(H,31,35). The molecule has 4 aromatic rings. The summed E-state index contributed by atoms with van der Waals surface area (Å²) in [5.74, 6) is 1.43. The lowest BCUT2D eigenvalue weighted by Gasteiger charge is -2.15. The van der Waals surface area contributed by atoms with Crippen LogP contribution in [0.25, 0.3) is 5.69 Å². The van der Waals surface area contributed by atoms with E-state index in [2.05, 4.69) is 15.7 Å². The molecule has 0 saturated carbocycles. The predicted molar refractivity (Wildman–Crippen MR) is 150 cm³/mol. The molecule has 8 nitrogen and oxygen atoms in total. The first-order valence-corrected chi connectivity index (χ1v) is 12.6. The van der Waals surface area contributed by atoms with E-state index in [0.717, 1.165) is 0 Å². The number of carbonyl (C=O) groups excluding carboxylic acids is 1. The Kier molecular flexibility index (Phi) is 8.55. The van der Waals surface area contributed by atoms with Crippen LogP contribution in [0, 0.1) is 5.92 Å². The maximum Gasteiger partial charge on any atom is 0.299 e. The monoisotopic (exact) mass is 552 g/mol. The van der Waals surface area contributed by atoms with Gasteiger partial charge < -0.3 is 20.1 Å². The molecule has 0 radical (unpaired) electrons. The van der Waals surface area contributed by atoms with Gasteiger partial charge in [0.1, 0.15) is 11.5 Å². The predicted octanol–water partition coefficient (Wildman–Crippen LogP) is 6.47. The van der Waals surface area contributed by atoms with Crippen molar-refractivity contribution in [1.29, 1.82) is 0 Å². The molecule has 2 N–H and O–H groups in total. The minimum Gasteiger partial charge on any atom is -0.497 e. The third-order valence-electron chi connectivity index (χ3n) is 5.44. The summed E-state index contributed by atoms with van der Waals surface area (Å²) in [5, 5.41) is 10.9. The second-order valence-electron chi connectivity index (χ2n) is 8.79. The summed E-state index contributed by atoms with van der Waals surface area (Å²) in [6.07, 6.45) is 1.43. The van der Waals surface area contributed by atoms with Crippen LogP contribution in [0.4, 0.5) is 11.4 Å². The van der Waals surface area contributed by atoms with Crippen LogP contribution in [0.3, 0.4) is 0 Å². The molecule has 4 rings (SSSR count). The van der Waals surface area contributed by atoms with E-state index in [1.54, 1.807) is 73.8 Å². The highest BCUT2D eigenvalue weighted by molar-refractivity contribution is 6.42. The average molecular weight is 553 g/mol. The Morgan fingerprint density at radius 3 is 2.42 bits per heavy atom. The number of hydrogen-bond donors (Lipinski definition) is 2. The summed E-state index contributed by atoms with van der Waals surface area (Å²) in [5.41, 5.74) is 1.01. The molecule has 0 spiro atoms. The minimum atomic E-state index is -0.496. The molecule has 0 bridgehead atoms. The van der Waals surface area contributed by atoms with Crippen molar-refractivity contribution in [3.8, 4) is 22.9 Å². The van der Waals surface area contributed by atoms with Gasteiger partial charge in [0, 0.05) is 17.8 Å². The summed E-state index contributed by atoms with van der Waals surface area (Å²) in [6, 6.07) is 18.5. The summed E-state index contributed by atoms with van der Waals surface area (Å²) >= 11 is 12.2. The van der Waals surface area contributed by atoms with Gasteiger partial charge in [-0.2, -0.15) is 9.78 Å². The highest BCUT2D eigenvalue weighted by Crippen LogP contribution is 2.31. The van der Waals surface area contributed by atoms with Crippen molar-refractivity contribution < 1.29 is 14.3 Å². The van der Waals surface area contributed by atoms with E-state index in [0.29, 0.717) is 45.9 Å². The quantitative estimate of drug-likeness (QED) is 0.247. The average Bonchev–Trinajstić information content (AvgIpc) is 2.91. The molecular formula is C28H26Cl2N4O4. The summed E-state index contributed by atoms with van der Waals surface area (Å²) in [7, 11) is 1.57. The van der Waals surface area contributed by atoms with E-state index < -0.39 is 5.56 Å². The fourth-order valence-electron chi connectivity index (χ4n) is 3.48.